The van der Waals surface area contributed by atoms with Gasteiger partial charge in [-0.1, -0.05) is 18.2 Å². The molecule has 0 fully saturated rings. The molecule has 10 heteroatoms. The van der Waals surface area contributed by atoms with Gasteiger partial charge in [0.15, 0.2) is 0 Å². The van der Waals surface area contributed by atoms with Crippen LogP contribution in [0.25, 0.3) is 0 Å². The third kappa shape index (κ3) is 6.72. The molecule has 0 spiro atoms. The van der Waals surface area contributed by atoms with Crippen molar-refractivity contribution in [2.45, 2.75) is 51.8 Å². The van der Waals surface area contributed by atoms with Gasteiger partial charge in [-0.15, -0.1) is 0 Å². The maximum absolute atomic E-state index is 13.2. The maximum Gasteiger partial charge on any atom is 0.416 e. The van der Waals surface area contributed by atoms with Crippen LogP contribution >= 0.6 is 0 Å². The van der Waals surface area contributed by atoms with Gasteiger partial charge in [0.25, 0.3) is 0 Å². The van der Waals surface area contributed by atoms with E-state index in [1.807, 2.05) is 18.2 Å². The first-order chi connectivity index (χ1) is 15.8. The van der Waals surface area contributed by atoms with Crippen LogP contribution in [-0.4, -0.2) is 23.5 Å². The molecule has 0 aliphatic carbocycles. The van der Waals surface area contributed by atoms with Crippen molar-refractivity contribution in [1.29, 1.82) is 0 Å². The lowest BCUT2D eigenvalue weighted by Crippen LogP contribution is -2.30. The van der Waals surface area contributed by atoms with Gasteiger partial charge >= 0.3 is 12.3 Å². The van der Waals surface area contributed by atoms with E-state index in [0.717, 1.165) is 29.4 Å². The summed E-state index contributed by atoms with van der Waals surface area (Å²) in [5.41, 5.74) is -0.382. The number of halogens is 3. The van der Waals surface area contributed by atoms with E-state index >= 15 is 0 Å². The number of fused-ring (bicyclic) bond motifs is 1. The summed E-state index contributed by atoms with van der Waals surface area (Å²) in [6.07, 6.45) is -4.94. The molecule has 2 aromatic carbocycles. The molecule has 3 rings (SSSR count). The van der Waals surface area contributed by atoms with E-state index in [2.05, 4.69) is 16.0 Å². The lowest BCUT2D eigenvalue weighted by atomic mass is 9.89. The molecule has 1 aliphatic heterocycles. The quantitative estimate of drug-likeness (QED) is 0.524. The summed E-state index contributed by atoms with van der Waals surface area (Å²) >= 11 is 0. The first-order valence-corrected chi connectivity index (χ1v) is 10.7. The van der Waals surface area contributed by atoms with E-state index in [1.54, 1.807) is 26.8 Å². The second kappa shape index (κ2) is 9.74. The van der Waals surface area contributed by atoms with E-state index in [1.165, 1.54) is 0 Å². The Labute approximate surface area is 195 Å². The summed E-state index contributed by atoms with van der Waals surface area (Å²) in [5.74, 6) is -1.24. The Balaban J connectivity index is 1.70. The summed E-state index contributed by atoms with van der Waals surface area (Å²) in [6, 6.07) is 9.94. The van der Waals surface area contributed by atoms with Gasteiger partial charge in [-0.3, -0.25) is 14.9 Å². The van der Waals surface area contributed by atoms with Crippen LogP contribution in [-0.2, 0) is 26.9 Å². The van der Waals surface area contributed by atoms with Gasteiger partial charge < -0.3 is 15.4 Å². The van der Waals surface area contributed by atoms with E-state index in [9.17, 15) is 27.6 Å². The van der Waals surface area contributed by atoms with Crippen molar-refractivity contribution < 1.29 is 32.3 Å². The second-order valence-electron chi connectivity index (χ2n) is 9.02. The molecule has 1 aliphatic rings. The molecule has 34 heavy (non-hydrogen) atoms. The normalized spacial score (nSPS) is 15.7. The van der Waals surface area contributed by atoms with E-state index < -0.39 is 35.3 Å². The molecule has 3 amide bonds. The van der Waals surface area contributed by atoms with Crippen LogP contribution in [0.3, 0.4) is 0 Å². The van der Waals surface area contributed by atoms with Crippen molar-refractivity contribution in [3.63, 3.8) is 0 Å². The zero-order valence-corrected chi connectivity index (χ0v) is 19.0. The van der Waals surface area contributed by atoms with Crippen molar-refractivity contribution in [1.82, 2.24) is 0 Å². The minimum atomic E-state index is -4.64. The van der Waals surface area contributed by atoms with Crippen LogP contribution in [0.2, 0.25) is 0 Å². The molecule has 0 saturated carbocycles. The highest BCUT2D eigenvalue weighted by Crippen LogP contribution is 2.34. The van der Waals surface area contributed by atoms with Gasteiger partial charge in [0, 0.05) is 18.0 Å². The molecule has 0 bridgehead atoms. The van der Waals surface area contributed by atoms with E-state index in [0.29, 0.717) is 6.42 Å². The lowest BCUT2D eigenvalue weighted by molar-refractivity contribution is -0.137. The third-order valence-electron chi connectivity index (χ3n) is 5.09. The highest BCUT2D eigenvalue weighted by Gasteiger charge is 2.32. The Morgan fingerprint density at radius 3 is 2.44 bits per heavy atom. The van der Waals surface area contributed by atoms with Gasteiger partial charge in [-0.2, -0.15) is 13.2 Å². The standard InChI is InChI=1S/C24H26F3N3O4/c1-23(2,3)34-22(33)30-18-10-9-16(24(25,26)27)13-19(18)28-20(31)11-8-15-12-14-6-4-5-7-17(14)29-21(15)32/h4-7,9-10,13,15H,8,11-12H2,1-3H3,(H,28,31)(H,29,32)(H,30,33). The first kappa shape index (κ1) is 25.1. The predicted octanol–water partition coefficient (Wildman–Crippen LogP) is 5.58. The van der Waals surface area contributed by atoms with Crippen molar-refractivity contribution >= 4 is 35.0 Å². The van der Waals surface area contributed by atoms with Crippen LogP contribution in [0.4, 0.5) is 35.0 Å². The zero-order chi connectivity index (χ0) is 25.1. The topological polar surface area (TPSA) is 96.5 Å². The van der Waals surface area contributed by atoms with Crippen molar-refractivity contribution in [3.8, 4) is 0 Å². The molecular formula is C24H26F3N3O4. The number of para-hydroxylation sites is 1. The Kier molecular flexibility index (Phi) is 7.18. The Morgan fingerprint density at radius 2 is 1.76 bits per heavy atom. The molecule has 0 radical (unpaired) electrons. The highest BCUT2D eigenvalue weighted by molar-refractivity contribution is 5.99. The average Bonchev–Trinajstić information content (AvgIpc) is 2.71. The predicted molar refractivity (Wildman–Crippen MR) is 121 cm³/mol. The number of carbonyl (C=O) groups is 3. The molecule has 1 atom stereocenters. The SMILES string of the molecule is CC(C)(C)OC(=O)Nc1ccc(C(F)(F)F)cc1NC(=O)CCC1Cc2ccccc2NC1=O. The number of amides is 3. The number of benzene rings is 2. The minimum absolute atomic E-state index is 0.0417. The second-order valence-corrected chi connectivity index (χ2v) is 9.02. The fraction of sp³-hybridized carbons (Fsp3) is 0.375. The molecular weight excluding hydrogens is 451 g/mol. The van der Waals surface area contributed by atoms with Gasteiger partial charge in [-0.05, 0) is 63.4 Å². The highest BCUT2D eigenvalue weighted by atomic mass is 19.4. The van der Waals surface area contributed by atoms with Crippen LogP contribution in [0.15, 0.2) is 42.5 Å². The number of anilines is 3. The fourth-order valence-corrected chi connectivity index (χ4v) is 3.51. The average molecular weight is 477 g/mol. The maximum atomic E-state index is 13.2. The number of rotatable bonds is 5. The molecule has 7 nitrogen and oxygen atoms in total. The van der Waals surface area contributed by atoms with Gasteiger partial charge in [0.05, 0.1) is 16.9 Å². The molecule has 1 heterocycles. The van der Waals surface area contributed by atoms with Crippen LogP contribution in [0.1, 0.15) is 44.7 Å². The summed E-state index contributed by atoms with van der Waals surface area (Å²) < 4.78 is 44.8. The van der Waals surface area contributed by atoms with E-state index in [4.69, 9.17) is 4.74 Å². The number of nitrogens with one attached hydrogen (secondary N) is 3. The zero-order valence-electron chi connectivity index (χ0n) is 19.0. The Bertz CT molecular complexity index is 1090. The summed E-state index contributed by atoms with van der Waals surface area (Å²) in [7, 11) is 0. The number of carbonyl (C=O) groups excluding carboxylic acids is 3. The fourth-order valence-electron chi connectivity index (χ4n) is 3.51. The smallest absolute Gasteiger partial charge is 0.416 e. The van der Waals surface area contributed by atoms with Crippen LogP contribution < -0.4 is 16.0 Å². The molecule has 0 aromatic heterocycles. The molecule has 182 valence electrons. The monoisotopic (exact) mass is 477 g/mol. The number of alkyl halides is 3. The number of ether oxygens (including phenoxy) is 1. The van der Waals surface area contributed by atoms with Gasteiger partial charge in [-0.25, -0.2) is 4.79 Å². The van der Waals surface area contributed by atoms with Crippen molar-refractivity contribution in [3.05, 3.63) is 53.6 Å². The molecule has 1 unspecified atom stereocenters. The molecule has 3 N–H and O–H groups in total. The minimum Gasteiger partial charge on any atom is -0.444 e. The summed E-state index contributed by atoms with van der Waals surface area (Å²) in [5, 5.41) is 7.59. The number of hydrogen-bond donors (Lipinski definition) is 3. The van der Waals surface area contributed by atoms with Crippen LogP contribution in [0.5, 0.6) is 0 Å². The summed E-state index contributed by atoms with van der Waals surface area (Å²) in [4.78, 5) is 37.0. The van der Waals surface area contributed by atoms with Crippen molar-refractivity contribution in [2.75, 3.05) is 16.0 Å². The lowest BCUT2D eigenvalue weighted by Gasteiger charge is -2.24. The van der Waals surface area contributed by atoms with Gasteiger partial charge in [0.2, 0.25) is 11.8 Å². The summed E-state index contributed by atoms with van der Waals surface area (Å²) in [6.45, 7) is 4.92. The van der Waals surface area contributed by atoms with E-state index in [-0.39, 0.29) is 30.1 Å². The molecule has 0 saturated heterocycles. The number of hydrogen-bond acceptors (Lipinski definition) is 4. The van der Waals surface area contributed by atoms with Crippen LogP contribution in [0, 0.1) is 5.92 Å². The molecule has 2 aromatic rings. The largest absolute Gasteiger partial charge is 0.444 e. The third-order valence-corrected chi connectivity index (χ3v) is 5.09. The Hall–Kier alpha value is -3.56. The Morgan fingerprint density at radius 1 is 1.06 bits per heavy atom. The van der Waals surface area contributed by atoms with Gasteiger partial charge in [0.1, 0.15) is 5.60 Å². The first-order valence-electron chi connectivity index (χ1n) is 10.7. The van der Waals surface area contributed by atoms with Crippen molar-refractivity contribution in [2.24, 2.45) is 5.92 Å².